The Morgan fingerprint density at radius 3 is 2.61 bits per heavy atom. The normalized spacial score (nSPS) is 22.6. The fourth-order valence-electron chi connectivity index (χ4n) is 2.74. The molecular formula is C15H26N4O3S. The van der Waals surface area contributed by atoms with E-state index < -0.39 is 10.0 Å². The number of likely N-dealkylation sites (N-methyl/N-ethyl adjacent to an activating group) is 1. The first-order valence-electron chi connectivity index (χ1n) is 7.78. The lowest BCUT2D eigenvalue weighted by atomic mass is 10.1. The number of ether oxygens (including phenoxy) is 1. The van der Waals surface area contributed by atoms with E-state index in [0.29, 0.717) is 31.1 Å². The Labute approximate surface area is 138 Å². The minimum Gasteiger partial charge on any atom is -0.383 e. The summed E-state index contributed by atoms with van der Waals surface area (Å²) in [5.41, 5.74) is 0. The Bertz CT molecular complexity index is 613. The van der Waals surface area contributed by atoms with Crippen molar-refractivity contribution in [3.63, 3.8) is 0 Å². The van der Waals surface area contributed by atoms with Crippen LogP contribution in [0.2, 0.25) is 0 Å². The van der Waals surface area contributed by atoms with Gasteiger partial charge in [0.15, 0.2) is 5.03 Å². The van der Waals surface area contributed by atoms with Crippen molar-refractivity contribution in [3.8, 4) is 0 Å². The molecule has 8 heteroatoms. The third kappa shape index (κ3) is 4.41. The molecule has 0 spiro atoms. The van der Waals surface area contributed by atoms with E-state index in [-0.39, 0.29) is 5.03 Å². The number of rotatable bonds is 6. The highest BCUT2D eigenvalue weighted by atomic mass is 32.2. The number of aromatic nitrogens is 1. The van der Waals surface area contributed by atoms with Crippen molar-refractivity contribution >= 4 is 15.8 Å². The van der Waals surface area contributed by atoms with E-state index in [1.165, 1.54) is 17.4 Å². The number of nitrogens with zero attached hydrogens (tertiary/aromatic N) is 3. The lowest BCUT2D eigenvalue weighted by Crippen LogP contribution is -2.54. The molecule has 1 aliphatic heterocycles. The van der Waals surface area contributed by atoms with Gasteiger partial charge in [-0.25, -0.2) is 13.4 Å². The van der Waals surface area contributed by atoms with E-state index in [4.69, 9.17) is 4.74 Å². The predicted molar refractivity (Wildman–Crippen MR) is 90.2 cm³/mol. The number of nitrogens with one attached hydrogen (secondary N) is 1. The van der Waals surface area contributed by atoms with Crippen LogP contribution >= 0.6 is 0 Å². The largest absolute Gasteiger partial charge is 0.383 e. The van der Waals surface area contributed by atoms with Crippen LogP contribution in [0, 0.1) is 0 Å². The fraction of sp³-hybridized carbons (Fsp3) is 0.667. The maximum Gasteiger partial charge on any atom is 0.260 e. The molecule has 2 rings (SSSR count). The van der Waals surface area contributed by atoms with Crippen molar-refractivity contribution < 1.29 is 13.2 Å². The van der Waals surface area contributed by atoms with Crippen molar-refractivity contribution in [3.05, 3.63) is 18.2 Å². The first-order valence-corrected chi connectivity index (χ1v) is 9.22. The van der Waals surface area contributed by atoms with Crippen LogP contribution in [0.4, 0.5) is 5.82 Å². The summed E-state index contributed by atoms with van der Waals surface area (Å²) >= 11 is 0. The summed E-state index contributed by atoms with van der Waals surface area (Å²) in [7, 11) is -0.512. The Morgan fingerprint density at radius 2 is 2.00 bits per heavy atom. The summed E-state index contributed by atoms with van der Waals surface area (Å²) in [6.45, 7) is 6.49. The maximum atomic E-state index is 12.6. The molecule has 1 aromatic heterocycles. The van der Waals surface area contributed by atoms with Crippen LogP contribution in [0.3, 0.4) is 0 Å². The molecule has 1 fully saturated rings. The molecule has 23 heavy (non-hydrogen) atoms. The van der Waals surface area contributed by atoms with E-state index in [0.717, 1.165) is 13.1 Å². The summed E-state index contributed by atoms with van der Waals surface area (Å²) in [5.74, 6) is 0.700. The summed E-state index contributed by atoms with van der Waals surface area (Å²) in [4.78, 5) is 6.52. The van der Waals surface area contributed by atoms with Gasteiger partial charge in [-0.15, -0.1) is 0 Å². The van der Waals surface area contributed by atoms with Crippen molar-refractivity contribution in [1.82, 2.24) is 14.6 Å². The smallest absolute Gasteiger partial charge is 0.260 e. The van der Waals surface area contributed by atoms with Crippen molar-refractivity contribution in [2.75, 3.05) is 45.3 Å². The Balaban J connectivity index is 2.22. The van der Waals surface area contributed by atoms with Gasteiger partial charge in [0.2, 0.25) is 0 Å². The molecule has 2 atom stereocenters. The molecule has 0 radical (unpaired) electrons. The standard InChI is InChI=1S/C15H26N4O3S/c1-12-10-19(11-13(2)16-12)14-6-5-7-15(17-14)23(20,21)18(3)8-9-22-4/h5-7,12-13,16H,8-11H2,1-4H3/t12-,13+. The van der Waals surface area contributed by atoms with Crippen LogP contribution in [0.1, 0.15) is 13.8 Å². The molecule has 0 amide bonds. The number of hydrogen-bond donors (Lipinski definition) is 1. The number of sulfonamides is 1. The van der Waals surface area contributed by atoms with Gasteiger partial charge in [0.05, 0.1) is 6.61 Å². The van der Waals surface area contributed by atoms with Gasteiger partial charge in [0.25, 0.3) is 10.0 Å². The zero-order valence-corrected chi connectivity index (χ0v) is 15.0. The zero-order valence-electron chi connectivity index (χ0n) is 14.2. The highest BCUT2D eigenvalue weighted by Gasteiger charge is 2.25. The Morgan fingerprint density at radius 1 is 1.35 bits per heavy atom. The molecule has 1 aliphatic rings. The lowest BCUT2D eigenvalue weighted by molar-refractivity contribution is 0.185. The second-order valence-electron chi connectivity index (χ2n) is 6.03. The molecule has 1 aromatic rings. The monoisotopic (exact) mass is 342 g/mol. The van der Waals surface area contributed by atoms with Crippen molar-refractivity contribution in [2.24, 2.45) is 0 Å². The minimum absolute atomic E-state index is 0.0763. The van der Waals surface area contributed by atoms with Crippen molar-refractivity contribution in [1.29, 1.82) is 0 Å². The van der Waals surface area contributed by atoms with Crippen molar-refractivity contribution in [2.45, 2.75) is 31.0 Å². The predicted octanol–water partition coefficient (Wildman–Crippen LogP) is 0.535. The molecule has 130 valence electrons. The third-order valence-electron chi connectivity index (χ3n) is 3.88. The van der Waals surface area contributed by atoms with Gasteiger partial charge < -0.3 is 15.0 Å². The van der Waals surface area contributed by atoms with E-state index in [1.807, 2.05) is 6.07 Å². The summed E-state index contributed by atoms with van der Waals surface area (Å²) in [6, 6.07) is 5.82. The second-order valence-corrected chi connectivity index (χ2v) is 8.02. The summed E-state index contributed by atoms with van der Waals surface area (Å²) in [5, 5.41) is 3.53. The lowest BCUT2D eigenvalue weighted by Gasteiger charge is -2.37. The average molecular weight is 342 g/mol. The molecule has 7 nitrogen and oxygen atoms in total. The highest BCUT2D eigenvalue weighted by molar-refractivity contribution is 7.89. The first-order chi connectivity index (χ1) is 10.8. The topological polar surface area (TPSA) is 74.8 Å². The molecule has 0 bridgehead atoms. The molecule has 1 saturated heterocycles. The average Bonchev–Trinajstić information content (AvgIpc) is 2.51. The molecule has 0 aliphatic carbocycles. The summed E-state index contributed by atoms with van der Waals surface area (Å²) < 4.78 is 31.4. The highest BCUT2D eigenvalue weighted by Crippen LogP contribution is 2.19. The number of hydrogen-bond acceptors (Lipinski definition) is 6. The van der Waals surface area contributed by atoms with Gasteiger partial charge in [-0.05, 0) is 26.0 Å². The number of methoxy groups -OCH3 is 1. The van der Waals surface area contributed by atoms with E-state index in [2.05, 4.69) is 29.0 Å². The first kappa shape index (κ1) is 18.1. The van der Waals surface area contributed by atoms with E-state index in [1.54, 1.807) is 13.2 Å². The van der Waals surface area contributed by atoms with Crippen LogP contribution in [0.5, 0.6) is 0 Å². The SMILES string of the molecule is COCCN(C)S(=O)(=O)c1cccc(N2C[C@@H](C)N[C@@H](C)C2)n1. The van der Waals surface area contributed by atoms with Gasteiger partial charge in [-0.3, -0.25) is 0 Å². The molecular weight excluding hydrogens is 316 g/mol. The number of anilines is 1. The Hall–Kier alpha value is -1.22. The third-order valence-corrected chi connectivity index (χ3v) is 5.63. The second kappa shape index (κ2) is 7.57. The van der Waals surface area contributed by atoms with E-state index >= 15 is 0 Å². The number of pyridine rings is 1. The quantitative estimate of drug-likeness (QED) is 0.813. The molecule has 0 unspecified atom stereocenters. The molecule has 1 N–H and O–H groups in total. The molecule has 0 aromatic carbocycles. The van der Waals surface area contributed by atoms with Gasteiger partial charge in [0.1, 0.15) is 5.82 Å². The van der Waals surface area contributed by atoms with Gasteiger partial charge in [-0.2, -0.15) is 4.31 Å². The number of piperazine rings is 1. The van der Waals surface area contributed by atoms with Crippen LogP contribution in [0.25, 0.3) is 0 Å². The Kier molecular flexibility index (Phi) is 5.96. The fourth-order valence-corrected chi connectivity index (χ4v) is 3.83. The van der Waals surface area contributed by atoms with Crippen LogP contribution < -0.4 is 10.2 Å². The minimum atomic E-state index is -3.60. The van der Waals surface area contributed by atoms with E-state index in [9.17, 15) is 8.42 Å². The van der Waals surface area contributed by atoms with Gasteiger partial charge in [0, 0.05) is 45.9 Å². The molecule has 2 heterocycles. The van der Waals surface area contributed by atoms with Gasteiger partial charge >= 0.3 is 0 Å². The summed E-state index contributed by atoms with van der Waals surface area (Å²) in [6.07, 6.45) is 0. The van der Waals surface area contributed by atoms with Crippen LogP contribution in [0.15, 0.2) is 23.2 Å². The van der Waals surface area contributed by atoms with Crippen LogP contribution in [-0.4, -0.2) is 70.2 Å². The maximum absolute atomic E-state index is 12.6. The van der Waals surface area contributed by atoms with Gasteiger partial charge in [-0.1, -0.05) is 6.07 Å². The van der Waals surface area contributed by atoms with Crippen LogP contribution in [-0.2, 0) is 14.8 Å². The zero-order chi connectivity index (χ0) is 17.0. The molecule has 0 saturated carbocycles.